The summed E-state index contributed by atoms with van der Waals surface area (Å²) in [4.78, 5) is 25.9. The Bertz CT molecular complexity index is 1350. The highest BCUT2D eigenvalue weighted by Gasteiger charge is 2.25. The zero-order chi connectivity index (χ0) is 22.1. The summed E-state index contributed by atoms with van der Waals surface area (Å²) in [5.74, 6) is 0.578. The first kappa shape index (κ1) is 20.0. The maximum atomic E-state index is 13.3. The Morgan fingerprint density at radius 2 is 1.75 bits per heavy atom. The van der Waals surface area contributed by atoms with Crippen molar-refractivity contribution in [2.45, 2.75) is 0 Å². The number of nitrogens with one attached hydrogen (secondary N) is 1. The molecule has 5 rings (SSSR count). The maximum Gasteiger partial charge on any atom is 0.262 e. The van der Waals surface area contributed by atoms with Crippen LogP contribution in [0.1, 0.15) is 16.1 Å². The molecule has 0 saturated carbocycles. The van der Waals surface area contributed by atoms with Crippen LogP contribution in [0.3, 0.4) is 0 Å². The number of halogens is 1. The minimum atomic E-state index is -0.462. The van der Waals surface area contributed by atoms with E-state index in [2.05, 4.69) is 5.32 Å². The number of rotatable bonds is 6. The second kappa shape index (κ2) is 8.28. The lowest BCUT2D eigenvalue weighted by atomic mass is 10.1. The molecular formula is C24H16ClNO6. The number of benzene rings is 3. The number of carbonyl (C=O) groups excluding carboxylic acids is 2. The SMILES string of the molecule is O=C(COc1ccccc1Cl)Nc1c(C(=O)c2ccc3c(c2)OCO3)oc2ccccc12. The number of carbonyl (C=O) groups is 2. The van der Waals surface area contributed by atoms with Gasteiger partial charge >= 0.3 is 0 Å². The topological polar surface area (TPSA) is 87.0 Å². The fourth-order valence-electron chi connectivity index (χ4n) is 3.38. The van der Waals surface area contributed by atoms with E-state index in [9.17, 15) is 9.59 Å². The van der Waals surface area contributed by atoms with Crippen molar-refractivity contribution in [2.24, 2.45) is 0 Å². The van der Waals surface area contributed by atoms with Crippen molar-refractivity contribution in [3.8, 4) is 17.2 Å². The molecule has 1 aliphatic heterocycles. The van der Waals surface area contributed by atoms with Crippen LogP contribution in [-0.4, -0.2) is 25.1 Å². The van der Waals surface area contributed by atoms with Gasteiger partial charge in [-0.15, -0.1) is 0 Å². The van der Waals surface area contributed by atoms with Gasteiger partial charge in [-0.05, 0) is 42.5 Å². The largest absolute Gasteiger partial charge is 0.482 e. The minimum absolute atomic E-state index is 0.0103. The van der Waals surface area contributed by atoms with E-state index < -0.39 is 11.7 Å². The second-order valence-electron chi connectivity index (χ2n) is 6.97. The molecule has 4 aromatic rings. The van der Waals surface area contributed by atoms with Crippen molar-refractivity contribution in [3.63, 3.8) is 0 Å². The lowest BCUT2D eigenvalue weighted by Gasteiger charge is -2.09. The molecule has 2 heterocycles. The van der Waals surface area contributed by atoms with E-state index >= 15 is 0 Å². The Balaban J connectivity index is 1.43. The normalized spacial score (nSPS) is 12.0. The van der Waals surface area contributed by atoms with Gasteiger partial charge in [0.15, 0.2) is 23.9 Å². The lowest BCUT2D eigenvalue weighted by Crippen LogP contribution is -2.21. The van der Waals surface area contributed by atoms with Crippen molar-refractivity contribution in [3.05, 3.63) is 83.1 Å². The summed E-state index contributed by atoms with van der Waals surface area (Å²) >= 11 is 6.07. The highest BCUT2D eigenvalue weighted by atomic mass is 35.5. The van der Waals surface area contributed by atoms with Gasteiger partial charge in [0, 0.05) is 10.9 Å². The van der Waals surface area contributed by atoms with Gasteiger partial charge in [-0.1, -0.05) is 35.9 Å². The summed E-state index contributed by atoms with van der Waals surface area (Å²) in [6, 6.07) is 18.8. The Morgan fingerprint density at radius 3 is 2.62 bits per heavy atom. The Labute approximate surface area is 187 Å². The number of hydrogen-bond acceptors (Lipinski definition) is 6. The van der Waals surface area contributed by atoms with E-state index in [0.717, 1.165) is 0 Å². The molecule has 1 aliphatic rings. The summed E-state index contributed by atoms with van der Waals surface area (Å²) in [7, 11) is 0. The molecule has 1 N–H and O–H groups in total. The molecule has 1 amide bonds. The van der Waals surface area contributed by atoms with Gasteiger partial charge in [0.05, 0.1) is 10.7 Å². The van der Waals surface area contributed by atoms with Crippen molar-refractivity contribution < 1.29 is 28.2 Å². The molecule has 3 aromatic carbocycles. The van der Waals surface area contributed by atoms with E-state index in [-0.39, 0.29) is 24.8 Å². The predicted octanol–water partition coefficient (Wildman–Crippen LogP) is 5.06. The number of hydrogen-bond donors (Lipinski definition) is 1. The van der Waals surface area contributed by atoms with Crippen molar-refractivity contribution >= 4 is 39.9 Å². The lowest BCUT2D eigenvalue weighted by molar-refractivity contribution is -0.118. The summed E-state index contributed by atoms with van der Waals surface area (Å²) in [6.45, 7) is -0.189. The molecule has 0 unspecified atom stereocenters. The maximum absolute atomic E-state index is 13.3. The van der Waals surface area contributed by atoms with Gasteiger partial charge in [0.1, 0.15) is 11.3 Å². The Hall–Kier alpha value is -3.97. The highest BCUT2D eigenvalue weighted by Crippen LogP contribution is 2.36. The monoisotopic (exact) mass is 449 g/mol. The number of ether oxygens (including phenoxy) is 3. The molecule has 0 saturated heterocycles. The number of anilines is 1. The highest BCUT2D eigenvalue weighted by molar-refractivity contribution is 6.32. The zero-order valence-corrected chi connectivity index (χ0v) is 17.3. The fraction of sp³-hybridized carbons (Fsp3) is 0.0833. The molecule has 0 spiro atoms. The summed E-state index contributed by atoms with van der Waals surface area (Å²) in [5, 5.41) is 3.74. The van der Waals surface area contributed by atoms with Gasteiger partial charge in [0.2, 0.25) is 12.6 Å². The predicted molar refractivity (Wildman–Crippen MR) is 118 cm³/mol. The van der Waals surface area contributed by atoms with Crippen LogP contribution in [0.5, 0.6) is 17.2 Å². The summed E-state index contributed by atoms with van der Waals surface area (Å²) in [5.41, 5.74) is 1.09. The van der Waals surface area contributed by atoms with Crippen LogP contribution in [0, 0.1) is 0 Å². The van der Waals surface area contributed by atoms with Gasteiger partial charge in [0.25, 0.3) is 5.91 Å². The van der Waals surface area contributed by atoms with Gasteiger partial charge in [-0.2, -0.15) is 0 Å². The molecule has 0 fully saturated rings. The van der Waals surface area contributed by atoms with Gasteiger partial charge in [-0.25, -0.2) is 0 Å². The number of fused-ring (bicyclic) bond motifs is 2. The average Bonchev–Trinajstić information content (AvgIpc) is 3.42. The molecule has 8 heteroatoms. The molecule has 0 atom stereocenters. The van der Waals surface area contributed by atoms with Crippen LogP contribution in [0.4, 0.5) is 5.69 Å². The molecule has 7 nitrogen and oxygen atoms in total. The van der Waals surface area contributed by atoms with E-state index in [1.54, 1.807) is 66.7 Å². The van der Waals surface area contributed by atoms with Crippen LogP contribution in [0.15, 0.2) is 71.1 Å². The van der Waals surface area contributed by atoms with E-state index in [0.29, 0.717) is 38.8 Å². The molecule has 0 radical (unpaired) electrons. The van der Waals surface area contributed by atoms with Crippen molar-refractivity contribution in [2.75, 3.05) is 18.7 Å². The summed E-state index contributed by atoms with van der Waals surface area (Å²) < 4.78 is 22.0. The molecule has 1 aromatic heterocycles. The quantitative estimate of drug-likeness (QED) is 0.414. The second-order valence-corrected chi connectivity index (χ2v) is 7.37. The van der Waals surface area contributed by atoms with Crippen molar-refractivity contribution in [1.29, 1.82) is 0 Å². The third-order valence-electron chi connectivity index (χ3n) is 4.90. The third-order valence-corrected chi connectivity index (χ3v) is 5.21. The van der Waals surface area contributed by atoms with Crippen LogP contribution >= 0.6 is 11.6 Å². The first-order chi connectivity index (χ1) is 15.6. The molecule has 32 heavy (non-hydrogen) atoms. The summed E-state index contributed by atoms with van der Waals surface area (Å²) in [6.07, 6.45) is 0. The van der Waals surface area contributed by atoms with Crippen LogP contribution in [0.25, 0.3) is 11.0 Å². The van der Waals surface area contributed by atoms with E-state index in [4.69, 9.17) is 30.2 Å². The zero-order valence-electron chi connectivity index (χ0n) is 16.6. The first-order valence-electron chi connectivity index (χ1n) is 9.73. The number of amides is 1. The number of furan rings is 1. The Morgan fingerprint density at radius 1 is 0.969 bits per heavy atom. The number of ketones is 1. The first-order valence-corrected chi connectivity index (χ1v) is 10.1. The van der Waals surface area contributed by atoms with Crippen LogP contribution in [-0.2, 0) is 4.79 Å². The van der Waals surface area contributed by atoms with Crippen molar-refractivity contribution in [1.82, 2.24) is 0 Å². The van der Waals surface area contributed by atoms with Crippen LogP contribution < -0.4 is 19.5 Å². The third kappa shape index (κ3) is 3.74. The van der Waals surface area contributed by atoms with E-state index in [1.165, 1.54) is 0 Å². The molecule has 0 aliphatic carbocycles. The average molecular weight is 450 g/mol. The standard InChI is InChI=1S/C24H16ClNO6/c25-16-6-2-4-8-18(16)29-12-21(27)26-22-15-5-1-3-7-17(15)32-24(22)23(28)14-9-10-19-20(11-14)31-13-30-19/h1-11H,12-13H2,(H,26,27). The van der Waals surface area contributed by atoms with Crippen LogP contribution in [0.2, 0.25) is 5.02 Å². The van der Waals surface area contributed by atoms with Gasteiger partial charge < -0.3 is 23.9 Å². The fourth-order valence-corrected chi connectivity index (χ4v) is 3.57. The molecule has 160 valence electrons. The molecule has 0 bridgehead atoms. The smallest absolute Gasteiger partial charge is 0.262 e. The molecular weight excluding hydrogens is 434 g/mol. The van der Waals surface area contributed by atoms with E-state index in [1.807, 2.05) is 0 Å². The Kier molecular flexibility index (Phi) is 5.17. The van der Waals surface area contributed by atoms with Gasteiger partial charge in [-0.3, -0.25) is 9.59 Å². The minimum Gasteiger partial charge on any atom is -0.482 e. The number of para-hydroxylation sites is 2.